The fourth-order valence-electron chi connectivity index (χ4n) is 6.14. The molecule has 4 atom stereocenters. The third-order valence-electron chi connectivity index (χ3n) is 8.11. The van der Waals surface area contributed by atoms with Gasteiger partial charge >= 0.3 is 5.97 Å². The summed E-state index contributed by atoms with van der Waals surface area (Å²) in [4.78, 5) is 38.8. The summed E-state index contributed by atoms with van der Waals surface area (Å²) < 4.78 is 0. The maximum Gasteiger partial charge on any atom is 0.303 e. The van der Waals surface area contributed by atoms with E-state index >= 15 is 0 Å². The molecule has 2 amide bonds. The number of amides is 2. The van der Waals surface area contributed by atoms with Gasteiger partial charge < -0.3 is 20.4 Å². The first-order chi connectivity index (χ1) is 18.7. The number of carbonyl (C=O) groups is 3. The number of aliphatic hydroxyl groups is 2. The highest BCUT2D eigenvalue weighted by atomic mass is 16.4. The summed E-state index contributed by atoms with van der Waals surface area (Å²) >= 11 is 0. The summed E-state index contributed by atoms with van der Waals surface area (Å²) in [5.74, 6) is -2.95. The fourth-order valence-corrected chi connectivity index (χ4v) is 6.14. The number of likely N-dealkylation sites (tertiary alicyclic amines) is 1. The van der Waals surface area contributed by atoms with Gasteiger partial charge in [-0.05, 0) is 68.2 Å². The predicted octanol–water partition coefficient (Wildman–Crippen LogP) is 4.68. The number of aromatic hydroxyl groups is 1. The molecule has 0 bridgehead atoms. The van der Waals surface area contributed by atoms with E-state index in [1.165, 1.54) is 4.90 Å². The van der Waals surface area contributed by atoms with E-state index < -0.39 is 29.8 Å². The van der Waals surface area contributed by atoms with Crippen molar-refractivity contribution in [2.75, 3.05) is 13.2 Å². The zero-order valence-electron chi connectivity index (χ0n) is 23.1. The van der Waals surface area contributed by atoms with Crippen molar-refractivity contribution in [2.24, 2.45) is 17.8 Å². The van der Waals surface area contributed by atoms with Crippen molar-refractivity contribution in [2.45, 2.75) is 84.2 Å². The average Bonchev–Trinajstić information content (AvgIpc) is 3.15. The van der Waals surface area contributed by atoms with Crippen molar-refractivity contribution >= 4 is 23.9 Å². The number of carboxylic acids is 1. The molecule has 1 aliphatic heterocycles. The lowest BCUT2D eigenvalue weighted by atomic mass is 9.67. The molecule has 8 heteroatoms. The number of carboxylic acid groups (broad SMARTS) is 1. The van der Waals surface area contributed by atoms with Crippen molar-refractivity contribution in [3.8, 4) is 5.75 Å². The molecule has 1 fully saturated rings. The monoisotopic (exact) mass is 541 g/mol. The number of rotatable bonds is 15. The van der Waals surface area contributed by atoms with Crippen LogP contribution < -0.4 is 0 Å². The van der Waals surface area contributed by atoms with Crippen LogP contribution in [-0.2, 0) is 14.4 Å². The Balaban J connectivity index is 1.75. The highest BCUT2D eigenvalue weighted by Crippen LogP contribution is 2.47. The second kappa shape index (κ2) is 14.4. The van der Waals surface area contributed by atoms with Crippen LogP contribution in [0.1, 0.15) is 83.6 Å². The molecule has 4 N–H and O–H groups in total. The van der Waals surface area contributed by atoms with Gasteiger partial charge in [0.1, 0.15) is 5.75 Å². The molecule has 1 aromatic carbocycles. The molecule has 0 saturated carbocycles. The number of aliphatic hydroxyl groups excluding tert-OH is 2. The van der Waals surface area contributed by atoms with Gasteiger partial charge in [-0.3, -0.25) is 19.3 Å². The summed E-state index contributed by atoms with van der Waals surface area (Å²) in [6.07, 6.45) is 6.80. The van der Waals surface area contributed by atoms with Crippen LogP contribution in [0.25, 0.3) is 6.08 Å². The van der Waals surface area contributed by atoms with E-state index in [4.69, 9.17) is 5.11 Å². The second-order valence-corrected chi connectivity index (χ2v) is 10.8. The number of carbonyl (C=O) groups excluding carboxylic acids is 2. The van der Waals surface area contributed by atoms with Crippen LogP contribution in [0.2, 0.25) is 0 Å². The van der Waals surface area contributed by atoms with E-state index in [0.717, 1.165) is 35.1 Å². The highest BCUT2D eigenvalue weighted by Gasteiger charge is 2.54. The van der Waals surface area contributed by atoms with Crippen molar-refractivity contribution < 1.29 is 34.8 Å². The molecule has 214 valence electrons. The lowest BCUT2D eigenvalue weighted by Gasteiger charge is -2.36. The molecule has 0 spiro atoms. The van der Waals surface area contributed by atoms with Gasteiger partial charge in [0.2, 0.25) is 11.8 Å². The van der Waals surface area contributed by atoms with Crippen LogP contribution in [0, 0.1) is 17.8 Å². The molecule has 0 unspecified atom stereocenters. The smallest absolute Gasteiger partial charge is 0.303 e. The van der Waals surface area contributed by atoms with Gasteiger partial charge in [0.15, 0.2) is 0 Å². The van der Waals surface area contributed by atoms with Gasteiger partial charge in [0.25, 0.3) is 0 Å². The van der Waals surface area contributed by atoms with Gasteiger partial charge in [-0.2, -0.15) is 0 Å². The van der Waals surface area contributed by atoms with Crippen LogP contribution in [0.5, 0.6) is 5.75 Å². The molecule has 8 nitrogen and oxygen atoms in total. The van der Waals surface area contributed by atoms with E-state index in [-0.39, 0.29) is 37.1 Å². The highest BCUT2D eigenvalue weighted by molar-refractivity contribution is 6.05. The minimum atomic E-state index is -0.859. The Morgan fingerprint density at radius 2 is 1.79 bits per heavy atom. The largest absolute Gasteiger partial charge is 0.508 e. The Morgan fingerprint density at radius 1 is 1.08 bits per heavy atom. The number of imide groups is 1. The molecule has 0 radical (unpaired) electrons. The SMILES string of the molecule is CCCC1=C([C@H](O)CC/C(=C/c2ccc(O)cc2)CC)[C@H](CO)[C@@H]2C(=O)N(CCCCCC(=O)O)C(=O)[C@@H]2C1. The van der Waals surface area contributed by atoms with E-state index in [9.17, 15) is 29.7 Å². The summed E-state index contributed by atoms with van der Waals surface area (Å²) in [5, 5.41) is 40.2. The predicted molar refractivity (Wildman–Crippen MR) is 149 cm³/mol. The average molecular weight is 542 g/mol. The van der Waals surface area contributed by atoms with Crippen LogP contribution in [0.3, 0.4) is 0 Å². The molecule has 1 heterocycles. The maximum atomic E-state index is 13.4. The zero-order chi connectivity index (χ0) is 28.5. The van der Waals surface area contributed by atoms with Crippen LogP contribution in [-0.4, -0.2) is 62.4 Å². The molecular formula is C31H43NO7. The first kappa shape index (κ1) is 30.6. The number of unbranched alkanes of at least 4 members (excludes halogenated alkanes) is 2. The van der Waals surface area contributed by atoms with Gasteiger partial charge in [0.05, 0.1) is 24.5 Å². The molecule has 1 aliphatic carbocycles. The Kier molecular flexibility index (Phi) is 11.3. The van der Waals surface area contributed by atoms with E-state index in [0.29, 0.717) is 44.9 Å². The molecule has 2 aliphatic rings. The number of aliphatic carboxylic acids is 1. The number of phenols is 1. The van der Waals surface area contributed by atoms with Crippen molar-refractivity contribution in [1.82, 2.24) is 4.90 Å². The summed E-state index contributed by atoms with van der Waals surface area (Å²) in [7, 11) is 0. The quantitative estimate of drug-likeness (QED) is 0.144. The summed E-state index contributed by atoms with van der Waals surface area (Å²) in [5.41, 5.74) is 3.82. The molecular weight excluding hydrogens is 498 g/mol. The van der Waals surface area contributed by atoms with Gasteiger partial charge in [-0.15, -0.1) is 0 Å². The third-order valence-corrected chi connectivity index (χ3v) is 8.11. The second-order valence-electron chi connectivity index (χ2n) is 10.8. The molecule has 1 aromatic rings. The first-order valence-corrected chi connectivity index (χ1v) is 14.3. The molecule has 3 rings (SSSR count). The van der Waals surface area contributed by atoms with Gasteiger partial charge in [-0.1, -0.05) is 56.0 Å². The number of hydrogen-bond donors (Lipinski definition) is 4. The number of hydrogen-bond acceptors (Lipinski definition) is 6. The molecule has 0 aromatic heterocycles. The minimum absolute atomic E-state index is 0.0646. The lowest BCUT2D eigenvalue weighted by Crippen LogP contribution is -2.39. The zero-order valence-corrected chi connectivity index (χ0v) is 23.1. The van der Waals surface area contributed by atoms with Crippen LogP contribution in [0.4, 0.5) is 0 Å². The van der Waals surface area contributed by atoms with Gasteiger partial charge in [-0.25, -0.2) is 0 Å². The summed E-state index contributed by atoms with van der Waals surface area (Å²) in [6.45, 7) is 4.04. The maximum absolute atomic E-state index is 13.4. The fraction of sp³-hybridized carbons (Fsp3) is 0.581. The Bertz CT molecular complexity index is 1070. The van der Waals surface area contributed by atoms with E-state index in [2.05, 4.69) is 13.0 Å². The Morgan fingerprint density at radius 3 is 2.41 bits per heavy atom. The minimum Gasteiger partial charge on any atom is -0.508 e. The standard InChI is InChI=1S/C31H43NO7/c1-3-8-22-18-24-29(31(39)32(30(24)38)16-7-5-6-9-27(36)37)25(19-33)28(22)26(35)15-12-20(4-2)17-21-10-13-23(34)14-11-21/h10-11,13-14,17,24-26,29,33-35H,3-9,12,15-16,18-19H2,1-2H3,(H,36,37)/b20-17+/t24-,25+,26-,29-/m1/s1. The lowest BCUT2D eigenvalue weighted by molar-refractivity contribution is -0.141. The number of nitrogens with zero attached hydrogens (tertiary/aromatic N) is 1. The Labute approximate surface area is 231 Å². The van der Waals surface area contributed by atoms with E-state index in [1.54, 1.807) is 12.1 Å². The topological polar surface area (TPSA) is 135 Å². The molecule has 39 heavy (non-hydrogen) atoms. The Hall–Kier alpha value is -2.97. The van der Waals surface area contributed by atoms with E-state index in [1.807, 2.05) is 19.1 Å². The van der Waals surface area contributed by atoms with Crippen molar-refractivity contribution in [3.05, 3.63) is 46.5 Å². The first-order valence-electron chi connectivity index (χ1n) is 14.3. The summed E-state index contributed by atoms with van der Waals surface area (Å²) in [6, 6.07) is 6.96. The van der Waals surface area contributed by atoms with Gasteiger partial charge in [0, 0.05) is 18.9 Å². The van der Waals surface area contributed by atoms with Crippen molar-refractivity contribution in [3.63, 3.8) is 0 Å². The number of phenolic OH excluding ortho intramolecular Hbond substituents is 1. The number of allylic oxidation sites excluding steroid dienone is 2. The van der Waals surface area contributed by atoms with Crippen LogP contribution >= 0.6 is 0 Å². The van der Waals surface area contributed by atoms with Crippen LogP contribution in [0.15, 0.2) is 41.0 Å². The number of fused-ring (bicyclic) bond motifs is 1. The molecule has 1 saturated heterocycles. The number of benzene rings is 1. The normalized spacial score (nSPS) is 22.4. The van der Waals surface area contributed by atoms with Crippen molar-refractivity contribution in [1.29, 1.82) is 0 Å². The third kappa shape index (κ3) is 7.57.